The summed E-state index contributed by atoms with van der Waals surface area (Å²) in [6, 6.07) is 11.6. The molecule has 7 N–H and O–H groups in total. The van der Waals surface area contributed by atoms with E-state index in [4.69, 9.17) is 11.5 Å². The number of H-pyrrole nitrogens is 1. The third-order valence-electron chi connectivity index (χ3n) is 4.54. The van der Waals surface area contributed by atoms with Crippen LogP contribution in [0.15, 0.2) is 48.9 Å². The smallest absolute Gasteiger partial charge is 0.231 e. The number of rotatable bonds is 5. The van der Waals surface area contributed by atoms with Crippen molar-refractivity contribution in [3.63, 3.8) is 0 Å². The van der Waals surface area contributed by atoms with E-state index in [0.29, 0.717) is 23.1 Å². The largest absolute Gasteiger partial charge is 0.405 e. The van der Waals surface area contributed by atoms with Crippen molar-refractivity contribution in [2.45, 2.75) is 13.8 Å². The summed E-state index contributed by atoms with van der Waals surface area (Å²) in [5.41, 5.74) is 18.3. The van der Waals surface area contributed by atoms with Gasteiger partial charge in [-0.2, -0.15) is 9.97 Å². The summed E-state index contributed by atoms with van der Waals surface area (Å²) in [5.74, 6) is 1.08. The minimum atomic E-state index is 0.455. The highest BCUT2D eigenvalue weighted by Crippen LogP contribution is 2.28. The van der Waals surface area contributed by atoms with Crippen molar-refractivity contribution in [2.24, 2.45) is 5.73 Å². The minimum absolute atomic E-state index is 0.455. The van der Waals surface area contributed by atoms with Gasteiger partial charge in [-0.25, -0.2) is 4.98 Å². The highest BCUT2D eigenvalue weighted by Gasteiger charge is 2.13. The molecule has 0 atom stereocenters. The number of imidazole rings is 1. The van der Waals surface area contributed by atoms with Crippen LogP contribution in [0.25, 0.3) is 17.2 Å². The maximum atomic E-state index is 5.77. The van der Waals surface area contributed by atoms with E-state index in [1.807, 2.05) is 44.2 Å². The molecule has 8 nitrogen and oxygen atoms in total. The molecule has 4 rings (SSSR count). The second kappa shape index (κ2) is 7.51. The predicted octanol–water partition coefficient (Wildman–Crippen LogP) is 3.97. The number of fused-ring (bicyclic) bond motifs is 1. The number of hydrogen-bond donors (Lipinski definition) is 5. The first kappa shape index (κ1) is 18.3. The Hall–Kier alpha value is -4.07. The molecule has 0 saturated heterocycles. The summed E-state index contributed by atoms with van der Waals surface area (Å²) in [7, 11) is 0. The Morgan fingerprint density at radius 2 is 1.72 bits per heavy atom. The first-order valence-corrected chi connectivity index (χ1v) is 9.13. The number of hydrogen-bond acceptors (Lipinski definition) is 7. The number of benzene rings is 2. The second-order valence-electron chi connectivity index (χ2n) is 6.76. The Morgan fingerprint density at radius 1 is 1.00 bits per heavy atom. The van der Waals surface area contributed by atoms with Gasteiger partial charge >= 0.3 is 0 Å². The topological polar surface area (TPSA) is 131 Å². The Kier molecular flexibility index (Phi) is 4.74. The van der Waals surface area contributed by atoms with Crippen LogP contribution in [0.3, 0.4) is 0 Å². The molecule has 0 unspecified atom stereocenters. The summed E-state index contributed by atoms with van der Waals surface area (Å²) in [5, 5.41) is 6.64. The Morgan fingerprint density at radius 3 is 2.41 bits per heavy atom. The first-order valence-electron chi connectivity index (χ1n) is 9.13. The van der Waals surface area contributed by atoms with Gasteiger partial charge in [-0.3, -0.25) is 0 Å². The average Bonchev–Trinajstić information content (AvgIpc) is 3.16. The third-order valence-corrected chi connectivity index (χ3v) is 4.54. The molecule has 0 aliphatic heterocycles. The van der Waals surface area contributed by atoms with Gasteiger partial charge < -0.3 is 27.1 Å². The number of anilines is 5. The second-order valence-corrected chi connectivity index (χ2v) is 6.76. The number of nitrogen functional groups attached to an aromatic ring is 1. The molecule has 0 bridgehead atoms. The summed E-state index contributed by atoms with van der Waals surface area (Å²) >= 11 is 0. The molecular weight excluding hydrogens is 364 g/mol. The summed E-state index contributed by atoms with van der Waals surface area (Å²) < 4.78 is 0. The van der Waals surface area contributed by atoms with Crippen molar-refractivity contribution < 1.29 is 0 Å². The molecule has 0 spiro atoms. The number of nitrogens with two attached hydrogens (primary N) is 2. The lowest BCUT2D eigenvalue weighted by atomic mass is 10.0. The van der Waals surface area contributed by atoms with Crippen LogP contribution >= 0.6 is 0 Å². The number of nitrogens with one attached hydrogen (secondary N) is 3. The fourth-order valence-electron chi connectivity index (χ4n) is 3.20. The van der Waals surface area contributed by atoms with Crippen LogP contribution in [-0.2, 0) is 0 Å². The lowest BCUT2D eigenvalue weighted by molar-refractivity contribution is 1.18. The highest BCUT2D eigenvalue weighted by atomic mass is 15.2. The van der Waals surface area contributed by atoms with Crippen LogP contribution in [0.1, 0.15) is 16.7 Å². The normalized spacial score (nSPS) is 11.2. The number of aryl methyl sites for hydroxylation is 2. The van der Waals surface area contributed by atoms with E-state index in [0.717, 1.165) is 33.6 Å². The van der Waals surface area contributed by atoms with Crippen LogP contribution < -0.4 is 22.1 Å². The Balaban J connectivity index is 1.71. The van der Waals surface area contributed by atoms with Gasteiger partial charge in [0.05, 0.1) is 6.33 Å². The SMILES string of the molecule is Cc1cc(/C=C/N)cc(C)c1Nc1nc(Nc2ccc(N)cc2)c2[nH]cnc2n1. The number of aromatic nitrogens is 4. The maximum Gasteiger partial charge on any atom is 0.231 e. The first-order chi connectivity index (χ1) is 14.0. The molecule has 0 aliphatic carbocycles. The summed E-state index contributed by atoms with van der Waals surface area (Å²) in [4.78, 5) is 16.6. The van der Waals surface area contributed by atoms with Crippen LogP contribution in [0.2, 0.25) is 0 Å². The standard InChI is InChI=1S/C21H22N8/c1-12-9-14(7-8-22)10-13(2)17(12)27-21-28-19-18(24-11-25-19)20(29-21)26-16-5-3-15(23)4-6-16/h3-11H,22-23H2,1-2H3,(H3,24,25,26,27,28,29)/b8-7+. The Labute approximate surface area is 168 Å². The van der Waals surface area contributed by atoms with Gasteiger partial charge in [0, 0.05) is 17.1 Å². The van der Waals surface area contributed by atoms with Crippen molar-refractivity contribution in [2.75, 3.05) is 16.4 Å². The van der Waals surface area contributed by atoms with Crippen molar-refractivity contribution >= 4 is 46.1 Å². The van der Waals surface area contributed by atoms with Crippen LogP contribution in [0.4, 0.5) is 28.8 Å². The average molecular weight is 386 g/mol. The van der Waals surface area contributed by atoms with Crippen LogP contribution in [0, 0.1) is 13.8 Å². The van der Waals surface area contributed by atoms with E-state index in [1.54, 1.807) is 6.33 Å². The van der Waals surface area contributed by atoms with Gasteiger partial charge in [-0.05, 0) is 79.2 Å². The van der Waals surface area contributed by atoms with E-state index in [1.165, 1.54) is 6.20 Å². The number of aromatic amines is 1. The van der Waals surface area contributed by atoms with Gasteiger partial charge in [-0.1, -0.05) is 0 Å². The van der Waals surface area contributed by atoms with E-state index in [2.05, 4.69) is 42.7 Å². The van der Waals surface area contributed by atoms with Crippen LogP contribution in [0.5, 0.6) is 0 Å². The van der Waals surface area contributed by atoms with Crippen molar-refractivity contribution in [3.8, 4) is 0 Å². The van der Waals surface area contributed by atoms with Gasteiger partial charge in [0.25, 0.3) is 0 Å². The van der Waals surface area contributed by atoms with Gasteiger partial charge in [0.2, 0.25) is 5.95 Å². The van der Waals surface area contributed by atoms with Gasteiger partial charge in [0.15, 0.2) is 11.5 Å². The molecule has 8 heteroatoms. The minimum Gasteiger partial charge on any atom is -0.405 e. The molecule has 2 heterocycles. The van der Waals surface area contributed by atoms with Crippen molar-refractivity contribution in [1.29, 1.82) is 0 Å². The lowest BCUT2D eigenvalue weighted by Crippen LogP contribution is -2.04. The zero-order valence-corrected chi connectivity index (χ0v) is 16.2. The quantitative estimate of drug-likeness (QED) is 0.328. The summed E-state index contributed by atoms with van der Waals surface area (Å²) in [6.45, 7) is 4.06. The molecule has 0 amide bonds. The lowest BCUT2D eigenvalue weighted by Gasteiger charge is -2.14. The molecule has 2 aromatic heterocycles. The molecular formula is C21H22N8. The summed E-state index contributed by atoms with van der Waals surface area (Å²) in [6.07, 6.45) is 5.00. The molecule has 4 aromatic rings. The highest BCUT2D eigenvalue weighted by molar-refractivity contribution is 5.86. The van der Waals surface area contributed by atoms with E-state index < -0.39 is 0 Å². The van der Waals surface area contributed by atoms with E-state index >= 15 is 0 Å². The molecule has 146 valence electrons. The number of nitrogens with zero attached hydrogens (tertiary/aromatic N) is 3. The molecule has 0 radical (unpaired) electrons. The fourth-order valence-corrected chi connectivity index (χ4v) is 3.20. The third kappa shape index (κ3) is 3.81. The maximum absolute atomic E-state index is 5.77. The zero-order chi connectivity index (χ0) is 20.4. The molecule has 0 saturated carbocycles. The van der Waals surface area contributed by atoms with Gasteiger partial charge in [-0.15, -0.1) is 0 Å². The monoisotopic (exact) mass is 386 g/mol. The molecule has 0 fully saturated rings. The van der Waals surface area contributed by atoms with Crippen molar-refractivity contribution in [1.82, 2.24) is 19.9 Å². The van der Waals surface area contributed by atoms with Gasteiger partial charge in [0.1, 0.15) is 5.52 Å². The van der Waals surface area contributed by atoms with Crippen LogP contribution in [-0.4, -0.2) is 19.9 Å². The molecule has 29 heavy (non-hydrogen) atoms. The van der Waals surface area contributed by atoms with Crippen molar-refractivity contribution in [3.05, 3.63) is 65.6 Å². The molecule has 2 aromatic carbocycles. The fraction of sp³-hybridized carbons (Fsp3) is 0.0952. The van der Waals surface area contributed by atoms with E-state index in [-0.39, 0.29) is 0 Å². The zero-order valence-electron chi connectivity index (χ0n) is 16.2. The van der Waals surface area contributed by atoms with E-state index in [9.17, 15) is 0 Å². The Bertz CT molecular complexity index is 1170. The predicted molar refractivity (Wildman–Crippen MR) is 118 cm³/mol. The molecule has 0 aliphatic rings.